The third-order valence-corrected chi connectivity index (χ3v) is 0. The first-order valence-corrected chi connectivity index (χ1v) is 4.50. The van der Waals surface area contributed by atoms with E-state index in [0.717, 1.165) is 0 Å². The summed E-state index contributed by atoms with van der Waals surface area (Å²) in [7, 11) is 0. The van der Waals surface area contributed by atoms with Gasteiger partial charge in [-0.15, -0.1) is 34.1 Å². The van der Waals surface area contributed by atoms with E-state index >= 15 is 0 Å². The van der Waals surface area contributed by atoms with E-state index in [0.29, 0.717) is 0 Å². The zero-order chi connectivity index (χ0) is 10.7. The van der Waals surface area contributed by atoms with Crippen molar-refractivity contribution in [3.05, 3.63) is 0 Å². The summed E-state index contributed by atoms with van der Waals surface area (Å²) in [4.78, 5) is 0. The van der Waals surface area contributed by atoms with E-state index in [1.807, 2.05) is 0 Å². The van der Waals surface area contributed by atoms with Crippen LogP contribution in [0, 0.1) is 0 Å². The summed E-state index contributed by atoms with van der Waals surface area (Å²) < 4.78 is 76.0. The first-order chi connectivity index (χ1) is 5.20. The van der Waals surface area contributed by atoms with Crippen LogP contribution in [0.2, 0.25) is 0 Å². The van der Waals surface area contributed by atoms with Crippen molar-refractivity contribution in [1.29, 1.82) is 0 Å². The third-order valence-electron chi connectivity index (χ3n) is 0. The van der Waals surface area contributed by atoms with Gasteiger partial charge in [0, 0.05) is 0 Å². The van der Waals surface area contributed by atoms with Gasteiger partial charge in [-0.1, -0.05) is 0 Å². The van der Waals surface area contributed by atoms with E-state index in [1.54, 1.807) is 0 Å². The molecular formula is O9Rh2S3-2. The Kier molecular flexibility index (Phi) is 50.5. The van der Waals surface area contributed by atoms with Crippen molar-refractivity contribution in [2.24, 2.45) is 0 Å². The molecule has 14 heavy (non-hydrogen) atoms. The summed E-state index contributed by atoms with van der Waals surface area (Å²) in [5.41, 5.74) is 0. The van der Waals surface area contributed by atoms with E-state index in [-0.39, 0.29) is 39.0 Å². The molecule has 0 spiro atoms. The molecule has 0 saturated heterocycles. The van der Waals surface area contributed by atoms with Crippen molar-refractivity contribution >= 4 is 34.1 Å². The van der Waals surface area contributed by atoms with Crippen LogP contribution in [-0.2, 0) is 73.0 Å². The van der Waals surface area contributed by atoms with Gasteiger partial charge >= 0.3 is 39.0 Å². The summed E-state index contributed by atoms with van der Waals surface area (Å²) in [6.07, 6.45) is 0. The minimum Gasteiger partial charge on any atom is -0.784 e. The molecule has 0 bridgehead atoms. The Hall–Kier alpha value is 1.46. The van der Waals surface area contributed by atoms with Crippen LogP contribution in [0.1, 0.15) is 0 Å². The minimum absolute atomic E-state index is 0. The predicted molar refractivity (Wildman–Crippen MR) is 29.1 cm³/mol. The molecule has 0 aromatic carbocycles. The van der Waals surface area contributed by atoms with Crippen LogP contribution in [0.3, 0.4) is 0 Å². The Balaban J connectivity index is -0.0000000270. The SMILES string of the molecule is O=S([O-])[O-].O=S([O-])[O-].O=S([O-])[O-].[Rh+2].[Rh+2]. The van der Waals surface area contributed by atoms with Gasteiger partial charge in [0.05, 0.1) is 0 Å². The monoisotopic (exact) mass is 446 g/mol. The van der Waals surface area contributed by atoms with E-state index in [2.05, 4.69) is 0 Å². The molecule has 0 aliphatic rings. The van der Waals surface area contributed by atoms with Gasteiger partial charge in [-0.3, -0.25) is 12.6 Å². The van der Waals surface area contributed by atoms with Crippen LogP contribution in [0.4, 0.5) is 0 Å². The van der Waals surface area contributed by atoms with Crippen LogP contribution in [0.5, 0.6) is 0 Å². The predicted octanol–water partition coefficient (Wildman–Crippen LogP) is -3.02. The summed E-state index contributed by atoms with van der Waals surface area (Å²) in [5.74, 6) is 0. The first kappa shape index (κ1) is 29.5. The molecule has 0 N–H and O–H groups in total. The zero-order valence-corrected chi connectivity index (χ0v) is 11.3. The Morgan fingerprint density at radius 2 is 0.500 bits per heavy atom. The molecule has 0 aromatic heterocycles. The third kappa shape index (κ3) is 984. The van der Waals surface area contributed by atoms with Crippen LogP contribution in [0.25, 0.3) is 0 Å². The second-order valence-electron chi connectivity index (χ2n) is 0.612. The maximum absolute atomic E-state index is 8.44. The molecule has 92 valence electrons. The van der Waals surface area contributed by atoms with Crippen molar-refractivity contribution in [2.75, 3.05) is 0 Å². The Labute approximate surface area is 112 Å². The standard InChI is InChI=1S/3H2O3S.2Rh/c3*1-4(2)3;;/h3*(H2,1,2,3);;/q;;;2*+2/p-6. The van der Waals surface area contributed by atoms with Crippen LogP contribution < -0.4 is 0 Å². The fourth-order valence-corrected chi connectivity index (χ4v) is 0. The van der Waals surface area contributed by atoms with Gasteiger partial charge in [0.25, 0.3) is 0 Å². The molecule has 0 aliphatic heterocycles. The topological polar surface area (TPSA) is 190 Å². The number of hydrogen-bond acceptors (Lipinski definition) is 9. The fraction of sp³-hybridized carbons (Fsp3) is 0. The quantitative estimate of drug-likeness (QED) is 0.275. The van der Waals surface area contributed by atoms with Gasteiger partial charge in [-0.05, 0) is 0 Å². The Morgan fingerprint density at radius 1 is 0.500 bits per heavy atom. The van der Waals surface area contributed by atoms with E-state index in [4.69, 9.17) is 39.9 Å². The average Bonchev–Trinajstić information content (AvgIpc) is 1.54. The molecule has 0 amide bonds. The molecular weight excluding hydrogens is 446 g/mol. The normalized spacial score (nSPS) is 7.50. The summed E-state index contributed by atoms with van der Waals surface area (Å²) >= 11 is -9.33. The van der Waals surface area contributed by atoms with Gasteiger partial charge in [-0.2, -0.15) is 0 Å². The maximum atomic E-state index is 8.44. The molecule has 0 saturated carbocycles. The molecule has 0 heterocycles. The van der Waals surface area contributed by atoms with Crippen molar-refractivity contribution in [1.82, 2.24) is 0 Å². The second-order valence-corrected chi connectivity index (χ2v) is 1.84. The summed E-state index contributed by atoms with van der Waals surface area (Å²) in [5, 5.41) is 0. The molecule has 0 rings (SSSR count). The van der Waals surface area contributed by atoms with E-state index in [1.165, 1.54) is 0 Å². The van der Waals surface area contributed by atoms with Gasteiger partial charge in [0.1, 0.15) is 0 Å². The largest absolute Gasteiger partial charge is 2.00 e. The second kappa shape index (κ2) is 23.9. The van der Waals surface area contributed by atoms with E-state index < -0.39 is 34.1 Å². The average molecular weight is 446 g/mol. The van der Waals surface area contributed by atoms with Crippen molar-refractivity contribution in [2.45, 2.75) is 0 Å². The Morgan fingerprint density at radius 3 is 0.500 bits per heavy atom. The van der Waals surface area contributed by atoms with Gasteiger partial charge in [-0.25, -0.2) is 0 Å². The summed E-state index contributed by atoms with van der Waals surface area (Å²) in [6, 6.07) is 0. The molecule has 0 atom stereocenters. The molecule has 2 radical (unpaired) electrons. The summed E-state index contributed by atoms with van der Waals surface area (Å²) in [6.45, 7) is 0. The zero-order valence-electron chi connectivity index (χ0n) is 5.57. The van der Waals surface area contributed by atoms with Gasteiger partial charge in [0.2, 0.25) is 0 Å². The molecule has 14 heteroatoms. The number of rotatable bonds is 0. The molecule has 0 aliphatic carbocycles. The Bertz CT molecular complexity index is 116. The molecule has 0 aromatic rings. The van der Waals surface area contributed by atoms with Crippen molar-refractivity contribution in [3.63, 3.8) is 0 Å². The van der Waals surface area contributed by atoms with Gasteiger partial charge in [0.15, 0.2) is 0 Å². The van der Waals surface area contributed by atoms with Crippen LogP contribution >= 0.6 is 0 Å². The van der Waals surface area contributed by atoms with Crippen molar-refractivity contribution in [3.8, 4) is 0 Å². The van der Waals surface area contributed by atoms with Crippen LogP contribution in [-0.4, -0.2) is 39.9 Å². The molecule has 0 unspecified atom stereocenters. The smallest absolute Gasteiger partial charge is 0.784 e. The fourth-order valence-electron chi connectivity index (χ4n) is 0. The van der Waals surface area contributed by atoms with Gasteiger partial charge < -0.3 is 27.3 Å². The molecule has 9 nitrogen and oxygen atoms in total. The van der Waals surface area contributed by atoms with Crippen LogP contribution in [0.15, 0.2) is 0 Å². The van der Waals surface area contributed by atoms with Crippen molar-refractivity contribution < 1.29 is 78.9 Å². The van der Waals surface area contributed by atoms with E-state index in [9.17, 15) is 0 Å². The minimum atomic E-state index is -3.11. The molecule has 0 fully saturated rings. The first-order valence-electron chi connectivity index (χ1n) is 1.50. The number of hydrogen-bond donors (Lipinski definition) is 0. The maximum Gasteiger partial charge on any atom is 2.00 e.